The highest BCUT2D eigenvalue weighted by Crippen LogP contribution is 2.15. The number of nitrogens with zero attached hydrogens (tertiary/aromatic N) is 1. The molecule has 1 aromatic heterocycles. The molecule has 5 heteroatoms. The van der Waals surface area contributed by atoms with Gasteiger partial charge in [-0.15, -0.1) is 0 Å². The molecule has 0 aliphatic heterocycles. The van der Waals surface area contributed by atoms with Gasteiger partial charge in [0.25, 0.3) is 5.92 Å². The molecule has 78 valence electrons. The highest BCUT2D eigenvalue weighted by atomic mass is 19.3. The monoisotopic (exact) mass is 202 g/mol. The summed E-state index contributed by atoms with van der Waals surface area (Å²) in [5, 5.41) is 9.98. The van der Waals surface area contributed by atoms with Crippen molar-refractivity contribution >= 4 is 0 Å². The van der Waals surface area contributed by atoms with E-state index in [1.54, 1.807) is 13.0 Å². The summed E-state index contributed by atoms with van der Waals surface area (Å²) in [4.78, 5) is 3.86. The molecule has 0 atom stereocenters. The summed E-state index contributed by atoms with van der Waals surface area (Å²) >= 11 is 0. The average molecular weight is 202 g/mol. The zero-order valence-electron chi connectivity index (χ0n) is 7.67. The lowest BCUT2D eigenvalue weighted by atomic mass is 10.3. The lowest BCUT2D eigenvalue weighted by molar-refractivity contribution is -0.408. The number of aryl methyl sites for hydroxylation is 1. The molecule has 0 saturated carbocycles. The number of alkyl halides is 2. The summed E-state index contributed by atoms with van der Waals surface area (Å²) in [6.07, 6.45) is 1.34. The minimum atomic E-state index is -3.31. The number of halogens is 2. The molecule has 1 rings (SSSR count). The minimum Gasteiger partial charge on any atom is -0.850 e. The molecular formula is C9H10F2NO2-. The van der Waals surface area contributed by atoms with Crippen LogP contribution in [0.25, 0.3) is 0 Å². The van der Waals surface area contributed by atoms with Crippen LogP contribution in [0.15, 0.2) is 18.3 Å². The van der Waals surface area contributed by atoms with Crippen LogP contribution in [0.3, 0.4) is 0 Å². The normalized spacial score (nSPS) is 11.4. The van der Waals surface area contributed by atoms with Crippen molar-refractivity contribution in [1.29, 1.82) is 0 Å². The summed E-state index contributed by atoms with van der Waals surface area (Å²) in [6, 6.07) is 3.17. The third-order valence-corrected chi connectivity index (χ3v) is 1.55. The Hall–Kier alpha value is -1.23. The fourth-order valence-corrected chi connectivity index (χ4v) is 0.770. The van der Waals surface area contributed by atoms with Crippen LogP contribution in [-0.4, -0.2) is 24.1 Å². The van der Waals surface area contributed by atoms with E-state index in [-0.39, 0.29) is 5.75 Å². The Labute approximate surface area is 80.3 Å². The summed E-state index contributed by atoms with van der Waals surface area (Å²) < 4.78 is 29.6. The molecule has 1 aromatic rings. The van der Waals surface area contributed by atoms with Crippen LogP contribution in [0, 0.1) is 6.92 Å². The van der Waals surface area contributed by atoms with E-state index in [1.165, 1.54) is 12.3 Å². The van der Waals surface area contributed by atoms with Crippen LogP contribution < -0.4 is 9.84 Å². The molecule has 0 amide bonds. The zero-order chi connectivity index (χ0) is 10.6. The van der Waals surface area contributed by atoms with Crippen molar-refractivity contribution in [2.45, 2.75) is 12.8 Å². The molecule has 0 bridgehead atoms. The largest absolute Gasteiger partial charge is 0.850 e. The first kappa shape index (κ1) is 10.8. The molecule has 3 nitrogen and oxygen atoms in total. The molecule has 0 fully saturated rings. The van der Waals surface area contributed by atoms with Gasteiger partial charge in [-0.1, -0.05) is 6.61 Å². The van der Waals surface area contributed by atoms with E-state index in [9.17, 15) is 13.9 Å². The molecule has 0 radical (unpaired) electrons. The third kappa shape index (κ3) is 3.26. The van der Waals surface area contributed by atoms with Crippen LogP contribution in [0.4, 0.5) is 8.78 Å². The number of hydrogen-bond donors (Lipinski definition) is 0. The van der Waals surface area contributed by atoms with Gasteiger partial charge in [0, 0.05) is 5.69 Å². The third-order valence-electron chi connectivity index (χ3n) is 1.55. The number of hydrogen-bond acceptors (Lipinski definition) is 3. The molecule has 0 aliphatic rings. The van der Waals surface area contributed by atoms with E-state index >= 15 is 0 Å². The van der Waals surface area contributed by atoms with E-state index in [0.717, 1.165) is 5.69 Å². The SMILES string of the molecule is Cc1ccc(OCC(F)(F)C[O-])cn1. The van der Waals surface area contributed by atoms with Gasteiger partial charge in [-0.05, 0) is 19.1 Å². The van der Waals surface area contributed by atoms with E-state index in [0.29, 0.717) is 0 Å². The smallest absolute Gasteiger partial charge is 0.266 e. The van der Waals surface area contributed by atoms with Gasteiger partial charge >= 0.3 is 0 Å². The topological polar surface area (TPSA) is 45.2 Å². The summed E-state index contributed by atoms with van der Waals surface area (Å²) in [6.45, 7) is -0.594. The van der Waals surface area contributed by atoms with Crippen molar-refractivity contribution in [1.82, 2.24) is 4.98 Å². The van der Waals surface area contributed by atoms with Gasteiger partial charge in [-0.3, -0.25) is 4.98 Å². The molecule has 0 N–H and O–H groups in total. The highest BCUT2D eigenvalue weighted by Gasteiger charge is 2.23. The number of aromatic nitrogens is 1. The summed E-state index contributed by atoms with van der Waals surface area (Å²) in [5.74, 6) is -3.08. The zero-order valence-corrected chi connectivity index (χ0v) is 7.67. The average Bonchev–Trinajstić information content (AvgIpc) is 2.17. The first-order valence-electron chi connectivity index (χ1n) is 4.05. The maximum Gasteiger partial charge on any atom is 0.266 e. The fraction of sp³-hybridized carbons (Fsp3) is 0.444. The summed E-state index contributed by atoms with van der Waals surface area (Å²) in [5.41, 5.74) is 0.771. The van der Waals surface area contributed by atoms with Crippen molar-refractivity contribution in [3.8, 4) is 5.75 Å². The molecule has 0 aromatic carbocycles. The summed E-state index contributed by atoms with van der Waals surface area (Å²) in [7, 11) is 0. The van der Waals surface area contributed by atoms with Crippen molar-refractivity contribution in [3.63, 3.8) is 0 Å². The number of ether oxygens (including phenoxy) is 1. The second-order valence-corrected chi connectivity index (χ2v) is 2.92. The Kier molecular flexibility index (Phi) is 3.35. The lowest BCUT2D eigenvalue weighted by Crippen LogP contribution is -2.36. The molecule has 1 heterocycles. The van der Waals surface area contributed by atoms with Crippen molar-refractivity contribution in [2.24, 2.45) is 0 Å². The van der Waals surface area contributed by atoms with E-state index in [2.05, 4.69) is 4.98 Å². The standard InChI is InChI=1S/C9H10F2NO2/c1-7-2-3-8(4-12-7)14-6-9(10,11)5-13/h2-4H,5-6H2,1H3/q-1. The Morgan fingerprint density at radius 1 is 1.50 bits per heavy atom. The minimum absolute atomic E-state index is 0.240. The van der Waals surface area contributed by atoms with Gasteiger partial charge in [-0.25, -0.2) is 8.78 Å². The Bertz CT molecular complexity index is 287. The van der Waals surface area contributed by atoms with Gasteiger partial charge in [0.2, 0.25) is 0 Å². The Balaban J connectivity index is 2.50. The quantitative estimate of drug-likeness (QED) is 0.724. The predicted molar refractivity (Wildman–Crippen MR) is 44.3 cm³/mol. The van der Waals surface area contributed by atoms with Crippen molar-refractivity contribution in [2.75, 3.05) is 13.2 Å². The van der Waals surface area contributed by atoms with Gasteiger partial charge in [0.15, 0.2) is 6.61 Å². The maximum atomic E-state index is 12.5. The maximum absolute atomic E-state index is 12.5. The van der Waals surface area contributed by atoms with E-state index in [1.807, 2.05) is 0 Å². The first-order chi connectivity index (χ1) is 6.53. The van der Waals surface area contributed by atoms with Crippen LogP contribution in [0.2, 0.25) is 0 Å². The Morgan fingerprint density at radius 2 is 2.21 bits per heavy atom. The van der Waals surface area contributed by atoms with Gasteiger partial charge in [-0.2, -0.15) is 0 Å². The molecule has 0 saturated heterocycles. The van der Waals surface area contributed by atoms with Crippen molar-refractivity contribution in [3.05, 3.63) is 24.0 Å². The van der Waals surface area contributed by atoms with Gasteiger partial charge in [0.1, 0.15) is 5.75 Å². The van der Waals surface area contributed by atoms with Crippen LogP contribution in [-0.2, 0) is 0 Å². The second-order valence-electron chi connectivity index (χ2n) is 2.92. The number of rotatable bonds is 4. The second kappa shape index (κ2) is 4.32. The van der Waals surface area contributed by atoms with E-state index in [4.69, 9.17) is 4.74 Å². The van der Waals surface area contributed by atoms with Gasteiger partial charge in [0.05, 0.1) is 6.20 Å². The fourth-order valence-electron chi connectivity index (χ4n) is 0.770. The predicted octanol–water partition coefficient (Wildman–Crippen LogP) is 0.764. The molecular weight excluding hydrogens is 192 g/mol. The first-order valence-corrected chi connectivity index (χ1v) is 4.05. The van der Waals surface area contributed by atoms with Crippen LogP contribution >= 0.6 is 0 Å². The van der Waals surface area contributed by atoms with E-state index < -0.39 is 19.1 Å². The van der Waals surface area contributed by atoms with Gasteiger partial charge < -0.3 is 9.84 Å². The Morgan fingerprint density at radius 3 is 2.71 bits per heavy atom. The lowest BCUT2D eigenvalue weighted by Gasteiger charge is -2.19. The molecule has 0 spiro atoms. The van der Waals surface area contributed by atoms with Crippen molar-refractivity contribution < 1.29 is 18.6 Å². The molecule has 0 aliphatic carbocycles. The molecule has 14 heavy (non-hydrogen) atoms. The number of pyridine rings is 1. The van der Waals surface area contributed by atoms with Crippen LogP contribution in [0.1, 0.15) is 5.69 Å². The highest BCUT2D eigenvalue weighted by molar-refractivity contribution is 5.19. The van der Waals surface area contributed by atoms with Crippen LogP contribution in [0.5, 0.6) is 5.75 Å². The molecule has 0 unspecified atom stereocenters.